The molecule has 148 valence electrons. The lowest BCUT2D eigenvalue weighted by molar-refractivity contribution is 0.102. The van der Waals surface area contributed by atoms with Crippen molar-refractivity contribution < 1.29 is 4.79 Å². The third-order valence-electron chi connectivity index (χ3n) is 5.30. The predicted molar refractivity (Wildman–Crippen MR) is 117 cm³/mol. The SMILES string of the molecule is Cc1cccc(C(=O)Nc2ccc(-c3ccc(N4CCCCCC4)nn3)cc2)c1. The highest BCUT2D eigenvalue weighted by molar-refractivity contribution is 6.04. The molecule has 29 heavy (non-hydrogen) atoms. The topological polar surface area (TPSA) is 58.1 Å². The van der Waals surface area contributed by atoms with E-state index in [-0.39, 0.29) is 5.91 Å². The number of anilines is 2. The van der Waals surface area contributed by atoms with Gasteiger partial charge >= 0.3 is 0 Å². The number of hydrogen-bond donors (Lipinski definition) is 1. The second-order valence-corrected chi connectivity index (χ2v) is 7.58. The van der Waals surface area contributed by atoms with Crippen LogP contribution in [0, 0.1) is 6.92 Å². The summed E-state index contributed by atoms with van der Waals surface area (Å²) in [6, 6.07) is 19.4. The molecule has 5 nitrogen and oxygen atoms in total. The van der Waals surface area contributed by atoms with E-state index in [1.807, 2.05) is 61.5 Å². The molecule has 1 amide bonds. The molecule has 2 heterocycles. The number of carbonyl (C=O) groups is 1. The van der Waals surface area contributed by atoms with Crippen LogP contribution in [0.4, 0.5) is 11.5 Å². The van der Waals surface area contributed by atoms with Crippen molar-refractivity contribution in [3.05, 3.63) is 71.8 Å². The number of aryl methyl sites for hydroxylation is 1. The zero-order valence-electron chi connectivity index (χ0n) is 16.8. The van der Waals surface area contributed by atoms with Gasteiger partial charge in [-0.1, -0.05) is 42.7 Å². The third kappa shape index (κ3) is 4.80. The Balaban J connectivity index is 1.43. The highest BCUT2D eigenvalue weighted by Crippen LogP contribution is 2.22. The van der Waals surface area contributed by atoms with Crippen LogP contribution < -0.4 is 10.2 Å². The van der Waals surface area contributed by atoms with E-state index in [0.717, 1.165) is 41.4 Å². The molecule has 0 radical (unpaired) electrons. The van der Waals surface area contributed by atoms with Gasteiger partial charge in [0.2, 0.25) is 0 Å². The Morgan fingerprint density at radius 1 is 0.897 bits per heavy atom. The smallest absolute Gasteiger partial charge is 0.255 e. The van der Waals surface area contributed by atoms with Crippen LogP contribution in [0.3, 0.4) is 0 Å². The molecule has 1 aliphatic rings. The van der Waals surface area contributed by atoms with E-state index in [1.54, 1.807) is 0 Å². The van der Waals surface area contributed by atoms with Crippen molar-refractivity contribution in [3.8, 4) is 11.3 Å². The second kappa shape index (κ2) is 8.86. The van der Waals surface area contributed by atoms with E-state index in [9.17, 15) is 4.79 Å². The summed E-state index contributed by atoms with van der Waals surface area (Å²) in [6.45, 7) is 4.09. The van der Waals surface area contributed by atoms with Crippen molar-refractivity contribution in [2.45, 2.75) is 32.6 Å². The standard InChI is InChI=1S/C24H26N4O/c1-18-7-6-8-20(17-18)24(29)25-21-11-9-19(10-12-21)22-13-14-23(27-26-22)28-15-4-2-3-5-16-28/h6-14,17H,2-5,15-16H2,1H3,(H,25,29). The maximum absolute atomic E-state index is 12.4. The largest absolute Gasteiger partial charge is 0.355 e. The molecule has 0 atom stereocenters. The number of rotatable bonds is 4. The van der Waals surface area contributed by atoms with Crippen LogP contribution in [0.1, 0.15) is 41.6 Å². The summed E-state index contributed by atoms with van der Waals surface area (Å²) in [5.74, 6) is 0.848. The van der Waals surface area contributed by atoms with Crippen molar-refractivity contribution >= 4 is 17.4 Å². The van der Waals surface area contributed by atoms with Gasteiger partial charge in [-0.05, 0) is 56.2 Å². The fourth-order valence-corrected chi connectivity index (χ4v) is 3.66. The number of aromatic nitrogens is 2. The van der Waals surface area contributed by atoms with Gasteiger partial charge in [0.25, 0.3) is 5.91 Å². The van der Waals surface area contributed by atoms with E-state index in [2.05, 4.69) is 26.5 Å². The van der Waals surface area contributed by atoms with Gasteiger partial charge in [-0.15, -0.1) is 10.2 Å². The lowest BCUT2D eigenvalue weighted by Gasteiger charge is -2.20. The van der Waals surface area contributed by atoms with E-state index < -0.39 is 0 Å². The summed E-state index contributed by atoms with van der Waals surface area (Å²) in [5, 5.41) is 11.8. The Labute approximate surface area is 171 Å². The van der Waals surface area contributed by atoms with Crippen LogP contribution in [0.5, 0.6) is 0 Å². The first-order valence-electron chi connectivity index (χ1n) is 10.3. The van der Waals surface area contributed by atoms with E-state index in [4.69, 9.17) is 0 Å². The second-order valence-electron chi connectivity index (χ2n) is 7.58. The van der Waals surface area contributed by atoms with Crippen molar-refractivity contribution in [3.63, 3.8) is 0 Å². The molecular weight excluding hydrogens is 360 g/mol. The van der Waals surface area contributed by atoms with Crippen LogP contribution in [0.2, 0.25) is 0 Å². The van der Waals surface area contributed by atoms with Crippen molar-refractivity contribution in [2.75, 3.05) is 23.3 Å². The van der Waals surface area contributed by atoms with Gasteiger partial charge in [-0.3, -0.25) is 4.79 Å². The first-order valence-corrected chi connectivity index (χ1v) is 10.3. The molecule has 1 fully saturated rings. The number of benzene rings is 2. The summed E-state index contributed by atoms with van der Waals surface area (Å²) >= 11 is 0. The summed E-state index contributed by atoms with van der Waals surface area (Å²) < 4.78 is 0. The highest BCUT2D eigenvalue weighted by atomic mass is 16.1. The first kappa shape index (κ1) is 19.1. The number of amides is 1. The van der Waals surface area contributed by atoms with Gasteiger partial charge in [-0.25, -0.2) is 0 Å². The zero-order chi connectivity index (χ0) is 20.1. The molecule has 0 unspecified atom stereocenters. The fraction of sp³-hybridized carbons (Fsp3) is 0.292. The van der Waals surface area contributed by atoms with Crippen LogP contribution in [0.25, 0.3) is 11.3 Å². The van der Waals surface area contributed by atoms with Crippen LogP contribution in [-0.4, -0.2) is 29.2 Å². The summed E-state index contributed by atoms with van der Waals surface area (Å²) in [7, 11) is 0. The van der Waals surface area contributed by atoms with Crippen molar-refractivity contribution in [1.29, 1.82) is 0 Å². The molecule has 1 aliphatic heterocycles. The third-order valence-corrected chi connectivity index (χ3v) is 5.30. The first-order chi connectivity index (χ1) is 14.2. The van der Waals surface area contributed by atoms with Gasteiger partial charge in [-0.2, -0.15) is 0 Å². The summed E-state index contributed by atoms with van der Waals surface area (Å²) in [4.78, 5) is 14.7. The Morgan fingerprint density at radius 3 is 2.31 bits per heavy atom. The number of hydrogen-bond acceptors (Lipinski definition) is 4. The lowest BCUT2D eigenvalue weighted by atomic mass is 10.1. The molecular formula is C24H26N4O. The fourth-order valence-electron chi connectivity index (χ4n) is 3.66. The van der Waals surface area contributed by atoms with Gasteiger partial charge in [0.1, 0.15) is 0 Å². The van der Waals surface area contributed by atoms with Gasteiger partial charge in [0, 0.05) is 29.9 Å². The van der Waals surface area contributed by atoms with E-state index >= 15 is 0 Å². The Kier molecular flexibility index (Phi) is 5.84. The normalized spacial score (nSPS) is 14.3. The minimum Gasteiger partial charge on any atom is -0.355 e. The Bertz CT molecular complexity index is 959. The molecule has 0 bridgehead atoms. The van der Waals surface area contributed by atoms with Crippen LogP contribution in [0.15, 0.2) is 60.7 Å². The molecule has 1 saturated heterocycles. The summed E-state index contributed by atoms with van der Waals surface area (Å²) in [6.07, 6.45) is 5.04. The lowest BCUT2D eigenvalue weighted by Crippen LogP contribution is -2.25. The van der Waals surface area contributed by atoms with E-state index in [0.29, 0.717) is 5.56 Å². The van der Waals surface area contributed by atoms with Crippen molar-refractivity contribution in [1.82, 2.24) is 10.2 Å². The maximum Gasteiger partial charge on any atom is 0.255 e. The molecule has 5 heteroatoms. The maximum atomic E-state index is 12.4. The minimum absolute atomic E-state index is 0.108. The predicted octanol–water partition coefficient (Wildman–Crippen LogP) is 5.08. The van der Waals surface area contributed by atoms with Crippen molar-refractivity contribution in [2.24, 2.45) is 0 Å². The molecule has 3 aromatic rings. The molecule has 0 spiro atoms. The molecule has 4 rings (SSSR count). The highest BCUT2D eigenvalue weighted by Gasteiger charge is 2.12. The van der Waals surface area contributed by atoms with Gasteiger partial charge in [0.05, 0.1) is 5.69 Å². The molecule has 0 saturated carbocycles. The molecule has 0 aliphatic carbocycles. The van der Waals surface area contributed by atoms with E-state index in [1.165, 1.54) is 25.7 Å². The zero-order valence-corrected chi connectivity index (χ0v) is 16.8. The number of nitrogens with one attached hydrogen (secondary N) is 1. The number of nitrogens with zero attached hydrogens (tertiary/aromatic N) is 3. The molecule has 1 aromatic heterocycles. The minimum atomic E-state index is -0.108. The Morgan fingerprint density at radius 2 is 1.66 bits per heavy atom. The monoisotopic (exact) mass is 386 g/mol. The van der Waals surface area contributed by atoms with Gasteiger partial charge in [0.15, 0.2) is 5.82 Å². The molecule has 1 N–H and O–H groups in total. The van der Waals surface area contributed by atoms with Crippen LogP contribution in [-0.2, 0) is 0 Å². The van der Waals surface area contributed by atoms with Crippen LogP contribution >= 0.6 is 0 Å². The summed E-state index contributed by atoms with van der Waals surface area (Å²) in [5.41, 5.74) is 4.29. The Hall–Kier alpha value is -3.21. The van der Waals surface area contributed by atoms with Gasteiger partial charge < -0.3 is 10.2 Å². The average molecular weight is 386 g/mol. The molecule has 2 aromatic carbocycles. The average Bonchev–Trinajstić information content (AvgIpc) is 3.04. The number of carbonyl (C=O) groups excluding carboxylic acids is 1. The quantitative estimate of drug-likeness (QED) is 0.679.